The molecule has 0 atom stereocenters. The highest BCUT2D eigenvalue weighted by Gasteiger charge is 2.11. The number of methoxy groups -OCH3 is 1. The summed E-state index contributed by atoms with van der Waals surface area (Å²) < 4.78 is 7.44. The van der Waals surface area contributed by atoms with Crippen LogP contribution in [0, 0.1) is 6.92 Å². The predicted octanol–water partition coefficient (Wildman–Crippen LogP) is 4.12. The van der Waals surface area contributed by atoms with Crippen molar-refractivity contribution in [2.75, 3.05) is 19.0 Å². The first-order valence-electron chi connectivity index (χ1n) is 8.17. The Morgan fingerprint density at radius 1 is 1.08 bits per heavy atom. The number of nitrogens with zero attached hydrogens (tertiary/aromatic N) is 2. The second kappa shape index (κ2) is 7.79. The third-order valence-corrected chi connectivity index (χ3v) is 3.98. The summed E-state index contributed by atoms with van der Waals surface area (Å²) in [5.74, 6) is 0.868. The number of rotatable bonds is 7. The van der Waals surface area contributed by atoms with E-state index in [4.69, 9.17) is 4.74 Å². The van der Waals surface area contributed by atoms with Crippen LogP contribution in [0.3, 0.4) is 0 Å². The number of aromatic nitrogens is 2. The average molecular weight is 321 g/mol. The Morgan fingerprint density at radius 2 is 1.92 bits per heavy atom. The molecule has 0 saturated carbocycles. The molecule has 1 aromatic heterocycles. The Labute approximate surface area is 143 Å². The van der Waals surface area contributed by atoms with Crippen molar-refractivity contribution in [3.05, 3.63) is 71.9 Å². The number of nitrogens with one attached hydrogen (secondary N) is 1. The third-order valence-electron chi connectivity index (χ3n) is 3.98. The number of anilines is 1. The van der Waals surface area contributed by atoms with Crippen molar-refractivity contribution in [3.63, 3.8) is 0 Å². The molecule has 0 aliphatic heterocycles. The van der Waals surface area contributed by atoms with Gasteiger partial charge in [-0.25, -0.2) is 4.98 Å². The largest absolute Gasteiger partial charge is 0.383 e. The van der Waals surface area contributed by atoms with Gasteiger partial charge < -0.3 is 14.6 Å². The van der Waals surface area contributed by atoms with Gasteiger partial charge in [0.05, 0.1) is 18.5 Å². The van der Waals surface area contributed by atoms with Crippen molar-refractivity contribution in [1.29, 1.82) is 0 Å². The van der Waals surface area contributed by atoms with Gasteiger partial charge >= 0.3 is 0 Å². The summed E-state index contributed by atoms with van der Waals surface area (Å²) >= 11 is 0. The number of imidazole rings is 1. The number of hydrogen-bond donors (Lipinski definition) is 1. The summed E-state index contributed by atoms with van der Waals surface area (Å²) in [6.07, 6.45) is 1.92. The van der Waals surface area contributed by atoms with Crippen LogP contribution in [0.2, 0.25) is 0 Å². The minimum Gasteiger partial charge on any atom is -0.383 e. The van der Waals surface area contributed by atoms with Gasteiger partial charge in [-0.3, -0.25) is 0 Å². The lowest BCUT2D eigenvalue weighted by molar-refractivity contribution is 0.188. The summed E-state index contributed by atoms with van der Waals surface area (Å²) in [4.78, 5) is 4.58. The fourth-order valence-electron chi connectivity index (χ4n) is 2.77. The molecule has 2 aromatic carbocycles. The minimum absolute atomic E-state index is 0.648. The van der Waals surface area contributed by atoms with Crippen LogP contribution in [-0.2, 0) is 17.8 Å². The van der Waals surface area contributed by atoms with Crippen molar-refractivity contribution in [3.8, 4) is 11.3 Å². The molecule has 0 aliphatic carbocycles. The van der Waals surface area contributed by atoms with Gasteiger partial charge in [-0.05, 0) is 18.1 Å². The quantitative estimate of drug-likeness (QED) is 0.711. The highest BCUT2D eigenvalue weighted by Crippen LogP contribution is 2.23. The Kier molecular flexibility index (Phi) is 5.29. The molecule has 1 heterocycles. The number of ether oxygens (including phenoxy) is 1. The van der Waals surface area contributed by atoms with Crippen LogP contribution in [-0.4, -0.2) is 23.3 Å². The fraction of sp³-hybridized carbons (Fsp3) is 0.250. The molecule has 0 bridgehead atoms. The van der Waals surface area contributed by atoms with E-state index in [9.17, 15) is 0 Å². The lowest BCUT2D eigenvalue weighted by Crippen LogP contribution is -2.11. The van der Waals surface area contributed by atoms with Gasteiger partial charge in [-0.15, -0.1) is 0 Å². The molecule has 0 spiro atoms. The monoisotopic (exact) mass is 321 g/mol. The van der Waals surface area contributed by atoms with Gasteiger partial charge in [0.25, 0.3) is 0 Å². The van der Waals surface area contributed by atoms with E-state index in [0.717, 1.165) is 30.3 Å². The molecule has 0 aliphatic rings. The molecule has 1 N–H and O–H groups in total. The first-order chi connectivity index (χ1) is 11.8. The zero-order valence-corrected chi connectivity index (χ0v) is 14.2. The molecular weight excluding hydrogens is 298 g/mol. The van der Waals surface area contributed by atoms with Gasteiger partial charge in [0, 0.05) is 20.2 Å². The van der Waals surface area contributed by atoms with Gasteiger partial charge in [0.1, 0.15) is 0 Å². The Bertz CT molecular complexity index is 781. The summed E-state index contributed by atoms with van der Waals surface area (Å²) in [6, 6.07) is 18.8. The smallest absolute Gasteiger partial charge is 0.203 e. The topological polar surface area (TPSA) is 39.1 Å². The zero-order valence-electron chi connectivity index (χ0n) is 14.2. The highest BCUT2D eigenvalue weighted by molar-refractivity contribution is 5.61. The molecule has 4 heteroatoms. The van der Waals surface area contributed by atoms with E-state index in [1.165, 1.54) is 11.1 Å². The second-order valence-electron chi connectivity index (χ2n) is 5.82. The Balaban J connectivity index is 1.83. The van der Waals surface area contributed by atoms with Crippen LogP contribution < -0.4 is 5.32 Å². The van der Waals surface area contributed by atoms with Crippen molar-refractivity contribution < 1.29 is 4.74 Å². The molecule has 3 aromatic rings. The van der Waals surface area contributed by atoms with E-state index >= 15 is 0 Å². The van der Waals surface area contributed by atoms with Crippen molar-refractivity contribution in [2.24, 2.45) is 0 Å². The third kappa shape index (κ3) is 3.84. The number of aryl methyl sites for hydroxylation is 1. The maximum Gasteiger partial charge on any atom is 0.203 e. The van der Waals surface area contributed by atoms with E-state index < -0.39 is 0 Å². The fourth-order valence-corrected chi connectivity index (χ4v) is 2.77. The minimum atomic E-state index is 0.648. The van der Waals surface area contributed by atoms with E-state index in [1.54, 1.807) is 7.11 Å². The van der Waals surface area contributed by atoms with Gasteiger partial charge in [0.15, 0.2) is 0 Å². The van der Waals surface area contributed by atoms with Crippen molar-refractivity contribution in [1.82, 2.24) is 9.55 Å². The average Bonchev–Trinajstić information content (AvgIpc) is 3.02. The van der Waals surface area contributed by atoms with Crippen LogP contribution in [0.5, 0.6) is 0 Å². The molecular formula is C20H23N3O. The van der Waals surface area contributed by atoms with Crippen molar-refractivity contribution in [2.45, 2.75) is 20.0 Å². The van der Waals surface area contributed by atoms with Crippen molar-refractivity contribution >= 4 is 5.95 Å². The normalized spacial score (nSPS) is 10.8. The van der Waals surface area contributed by atoms with Crippen LogP contribution in [0.4, 0.5) is 5.95 Å². The number of hydrogen-bond acceptors (Lipinski definition) is 3. The molecule has 4 nitrogen and oxygen atoms in total. The van der Waals surface area contributed by atoms with Crippen LogP contribution in [0.15, 0.2) is 60.8 Å². The number of benzene rings is 2. The van der Waals surface area contributed by atoms with Gasteiger partial charge in [0.2, 0.25) is 5.95 Å². The van der Waals surface area contributed by atoms with Crippen LogP contribution >= 0.6 is 0 Å². The van der Waals surface area contributed by atoms with Gasteiger partial charge in [-0.2, -0.15) is 0 Å². The van der Waals surface area contributed by atoms with E-state index in [2.05, 4.69) is 58.2 Å². The molecule has 24 heavy (non-hydrogen) atoms. The predicted molar refractivity (Wildman–Crippen MR) is 98.0 cm³/mol. The molecule has 0 saturated heterocycles. The summed E-state index contributed by atoms with van der Waals surface area (Å²) in [6.45, 7) is 4.27. The first kappa shape index (κ1) is 16.3. The molecule has 124 valence electrons. The van der Waals surface area contributed by atoms with Crippen LogP contribution in [0.25, 0.3) is 11.3 Å². The summed E-state index contributed by atoms with van der Waals surface area (Å²) in [5, 5.41) is 3.45. The molecule has 0 unspecified atom stereocenters. The van der Waals surface area contributed by atoms with Gasteiger partial charge in [-0.1, -0.05) is 60.2 Å². The molecule has 0 radical (unpaired) electrons. The standard InChI is InChI=1S/C20H23N3O/c1-16-7-6-8-17(13-16)14-21-20-22-15-19(23(20)11-12-24-2)18-9-4-3-5-10-18/h3-10,13,15H,11-12,14H2,1-2H3,(H,21,22). The van der Waals surface area contributed by atoms with E-state index in [1.807, 2.05) is 24.4 Å². The molecule has 3 rings (SSSR count). The summed E-state index contributed by atoms with van der Waals surface area (Å²) in [5.41, 5.74) is 4.77. The second-order valence-corrected chi connectivity index (χ2v) is 5.82. The Hall–Kier alpha value is -2.59. The molecule has 0 amide bonds. The maximum atomic E-state index is 5.26. The SMILES string of the molecule is COCCn1c(-c2ccccc2)cnc1NCc1cccc(C)c1. The Morgan fingerprint density at radius 3 is 2.67 bits per heavy atom. The zero-order chi connectivity index (χ0) is 16.8. The maximum absolute atomic E-state index is 5.26. The van der Waals surface area contributed by atoms with E-state index in [0.29, 0.717) is 6.61 Å². The highest BCUT2D eigenvalue weighted by atomic mass is 16.5. The summed E-state index contributed by atoms with van der Waals surface area (Å²) in [7, 11) is 1.72. The lowest BCUT2D eigenvalue weighted by atomic mass is 10.1. The lowest BCUT2D eigenvalue weighted by Gasteiger charge is -2.13. The van der Waals surface area contributed by atoms with E-state index in [-0.39, 0.29) is 0 Å². The molecule has 0 fully saturated rings. The first-order valence-corrected chi connectivity index (χ1v) is 8.17. The van der Waals surface area contributed by atoms with Crippen LogP contribution in [0.1, 0.15) is 11.1 Å².